The first-order valence-corrected chi connectivity index (χ1v) is 10.4. The number of nitrogens with zero attached hydrogens (tertiary/aromatic N) is 2. The molecule has 30 heavy (non-hydrogen) atoms. The number of hydrogen-bond donors (Lipinski definition) is 1. The maximum Gasteiger partial charge on any atom is 0.262 e. The second-order valence-corrected chi connectivity index (χ2v) is 7.90. The fourth-order valence-electron chi connectivity index (χ4n) is 3.19. The first-order chi connectivity index (χ1) is 14.5. The van der Waals surface area contributed by atoms with Gasteiger partial charge in [0, 0.05) is 10.9 Å². The van der Waals surface area contributed by atoms with Gasteiger partial charge in [-0.05, 0) is 36.8 Å². The third kappa shape index (κ3) is 4.22. The van der Waals surface area contributed by atoms with Crippen molar-refractivity contribution < 1.29 is 14.6 Å². The fraction of sp³-hybridized carbons (Fsp3) is 0.217. The molecule has 2 aromatic carbocycles. The summed E-state index contributed by atoms with van der Waals surface area (Å²) in [6, 6.07) is 15.2. The molecule has 7 heteroatoms. The van der Waals surface area contributed by atoms with Crippen LogP contribution in [-0.2, 0) is 6.54 Å². The summed E-state index contributed by atoms with van der Waals surface area (Å²) in [5.41, 5.74) is 2.84. The second kappa shape index (κ2) is 8.69. The number of hydrogen-bond acceptors (Lipinski definition) is 6. The highest BCUT2D eigenvalue weighted by atomic mass is 32.1. The number of aliphatic hydroxyl groups is 1. The maximum absolute atomic E-state index is 13.1. The monoisotopic (exact) mass is 422 g/mol. The van der Waals surface area contributed by atoms with Gasteiger partial charge in [-0.1, -0.05) is 29.8 Å². The van der Waals surface area contributed by atoms with Gasteiger partial charge in [-0.15, -0.1) is 11.3 Å². The molecule has 1 atom stereocenters. The van der Waals surface area contributed by atoms with Gasteiger partial charge in [-0.3, -0.25) is 9.36 Å². The van der Waals surface area contributed by atoms with Crippen LogP contribution in [0, 0.1) is 6.92 Å². The molecule has 2 aromatic heterocycles. The Labute approximate surface area is 178 Å². The lowest BCUT2D eigenvalue weighted by Crippen LogP contribution is -2.30. The summed E-state index contributed by atoms with van der Waals surface area (Å²) in [6.07, 6.45) is 0.627. The highest BCUT2D eigenvalue weighted by Gasteiger charge is 2.15. The summed E-state index contributed by atoms with van der Waals surface area (Å²) in [5.74, 6) is 1.35. The summed E-state index contributed by atoms with van der Waals surface area (Å²) in [7, 11) is 1.60. The van der Waals surface area contributed by atoms with Crippen LogP contribution in [0.25, 0.3) is 21.3 Å². The Morgan fingerprint density at radius 2 is 1.80 bits per heavy atom. The van der Waals surface area contributed by atoms with E-state index in [0.717, 1.165) is 22.4 Å². The predicted octanol–water partition coefficient (Wildman–Crippen LogP) is 3.88. The number of benzene rings is 2. The highest BCUT2D eigenvalue weighted by molar-refractivity contribution is 7.17. The lowest BCUT2D eigenvalue weighted by atomic mass is 10.1. The largest absolute Gasteiger partial charge is 0.497 e. The number of fused-ring (bicyclic) bond motifs is 1. The number of aromatic nitrogens is 2. The lowest BCUT2D eigenvalue weighted by Gasteiger charge is -2.14. The van der Waals surface area contributed by atoms with Crippen molar-refractivity contribution in [3.8, 4) is 22.6 Å². The van der Waals surface area contributed by atoms with Crippen LogP contribution in [0.1, 0.15) is 5.56 Å². The molecule has 4 aromatic rings. The molecule has 0 aliphatic heterocycles. The molecule has 1 N–H and O–H groups in total. The van der Waals surface area contributed by atoms with Crippen molar-refractivity contribution in [3.05, 3.63) is 76.2 Å². The van der Waals surface area contributed by atoms with Crippen molar-refractivity contribution in [2.45, 2.75) is 19.6 Å². The van der Waals surface area contributed by atoms with Gasteiger partial charge in [0.25, 0.3) is 5.56 Å². The molecule has 0 saturated carbocycles. The smallest absolute Gasteiger partial charge is 0.262 e. The van der Waals surface area contributed by atoms with Crippen molar-refractivity contribution in [1.29, 1.82) is 0 Å². The first-order valence-electron chi connectivity index (χ1n) is 9.54. The lowest BCUT2D eigenvalue weighted by molar-refractivity contribution is 0.0914. The summed E-state index contributed by atoms with van der Waals surface area (Å²) in [6.45, 7) is 2.19. The highest BCUT2D eigenvalue weighted by Crippen LogP contribution is 2.30. The Kier molecular flexibility index (Phi) is 5.83. The van der Waals surface area contributed by atoms with Gasteiger partial charge < -0.3 is 14.6 Å². The molecule has 2 heterocycles. The second-order valence-electron chi connectivity index (χ2n) is 7.04. The molecule has 154 valence electrons. The van der Waals surface area contributed by atoms with E-state index < -0.39 is 6.10 Å². The third-order valence-electron chi connectivity index (χ3n) is 4.83. The Balaban J connectivity index is 1.52. The van der Waals surface area contributed by atoms with Gasteiger partial charge in [0.1, 0.15) is 29.0 Å². The van der Waals surface area contributed by atoms with Crippen LogP contribution >= 0.6 is 11.3 Å². The molecule has 0 aliphatic rings. The van der Waals surface area contributed by atoms with E-state index in [1.54, 1.807) is 31.4 Å². The van der Waals surface area contributed by atoms with Crippen LogP contribution < -0.4 is 15.0 Å². The van der Waals surface area contributed by atoms with Gasteiger partial charge in [0.2, 0.25) is 0 Å². The molecular formula is C23H22N2O4S. The first kappa shape index (κ1) is 20.1. The normalized spacial score (nSPS) is 12.1. The molecule has 4 rings (SSSR count). The topological polar surface area (TPSA) is 73.6 Å². The van der Waals surface area contributed by atoms with E-state index in [-0.39, 0.29) is 18.7 Å². The molecule has 0 spiro atoms. The van der Waals surface area contributed by atoms with Crippen LogP contribution in [-0.4, -0.2) is 34.5 Å². The van der Waals surface area contributed by atoms with Crippen molar-refractivity contribution in [2.24, 2.45) is 0 Å². The summed E-state index contributed by atoms with van der Waals surface area (Å²) >= 11 is 1.44. The van der Waals surface area contributed by atoms with Crippen LogP contribution in [0.15, 0.2) is 65.0 Å². The van der Waals surface area contributed by atoms with Crippen molar-refractivity contribution >= 4 is 21.6 Å². The fourth-order valence-corrected chi connectivity index (χ4v) is 4.09. The summed E-state index contributed by atoms with van der Waals surface area (Å²) in [5, 5.41) is 12.9. The van der Waals surface area contributed by atoms with Gasteiger partial charge in [-0.2, -0.15) is 0 Å². The van der Waals surface area contributed by atoms with E-state index in [9.17, 15) is 9.90 Å². The molecular weight excluding hydrogens is 400 g/mol. The molecule has 0 radical (unpaired) electrons. The van der Waals surface area contributed by atoms with E-state index in [2.05, 4.69) is 4.98 Å². The Hall–Kier alpha value is -3.16. The van der Waals surface area contributed by atoms with E-state index >= 15 is 0 Å². The van der Waals surface area contributed by atoms with Crippen LogP contribution in [0.3, 0.4) is 0 Å². The van der Waals surface area contributed by atoms with Gasteiger partial charge in [-0.25, -0.2) is 4.98 Å². The van der Waals surface area contributed by atoms with Crippen molar-refractivity contribution in [2.75, 3.05) is 13.7 Å². The average Bonchev–Trinajstić information content (AvgIpc) is 3.20. The zero-order valence-corrected chi connectivity index (χ0v) is 17.6. The Morgan fingerprint density at radius 3 is 2.50 bits per heavy atom. The average molecular weight is 423 g/mol. The zero-order chi connectivity index (χ0) is 21.1. The maximum atomic E-state index is 13.1. The summed E-state index contributed by atoms with van der Waals surface area (Å²) in [4.78, 5) is 18.2. The van der Waals surface area contributed by atoms with Gasteiger partial charge in [0.15, 0.2) is 0 Å². The zero-order valence-electron chi connectivity index (χ0n) is 16.7. The molecule has 0 fully saturated rings. The van der Waals surface area contributed by atoms with E-state index in [1.807, 2.05) is 36.6 Å². The van der Waals surface area contributed by atoms with Crippen molar-refractivity contribution in [1.82, 2.24) is 9.55 Å². The minimum atomic E-state index is -0.856. The van der Waals surface area contributed by atoms with Gasteiger partial charge >= 0.3 is 0 Å². The molecule has 0 bridgehead atoms. The van der Waals surface area contributed by atoms with E-state index in [0.29, 0.717) is 16.0 Å². The minimum Gasteiger partial charge on any atom is -0.497 e. The number of ether oxygens (including phenoxy) is 2. The Bertz CT molecular complexity index is 1200. The summed E-state index contributed by atoms with van der Waals surface area (Å²) < 4.78 is 12.2. The third-order valence-corrected chi connectivity index (χ3v) is 5.72. The van der Waals surface area contributed by atoms with Crippen LogP contribution in [0.5, 0.6) is 11.5 Å². The Morgan fingerprint density at radius 1 is 1.10 bits per heavy atom. The van der Waals surface area contributed by atoms with E-state index in [1.165, 1.54) is 22.2 Å². The van der Waals surface area contributed by atoms with Crippen molar-refractivity contribution in [3.63, 3.8) is 0 Å². The number of methoxy groups -OCH3 is 1. The predicted molar refractivity (Wildman–Crippen MR) is 119 cm³/mol. The van der Waals surface area contributed by atoms with E-state index in [4.69, 9.17) is 9.47 Å². The van der Waals surface area contributed by atoms with Crippen LogP contribution in [0.4, 0.5) is 0 Å². The minimum absolute atomic E-state index is 0.0608. The number of aliphatic hydroxyl groups excluding tert-OH is 1. The quantitative estimate of drug-likeness (QED) is 0.489. The van der Waals surface area contributed by atoms with Crippen LogP contribution in [0.2, 0.25) is 0 Å². The molecule has 0 aliphatic carbocycles. The molecule has 1 unspecified atom stereocenters. The molecule has 0 amide bonds. The SMILES string of the molecule is COc1ccc(OCC(O)Cn2cnc3scc(-c4ccc(C)cc4)c3c2=O)cc1. The number of thiophene rings is 1. The molecule has 6 nitrogen and oxygen atoms in total. The number of rotatable bonds is 7. The number of aryl methyl sites for hydroxylation is 1. The molecule has 0 saturated heterocycles. The van der Waals surface area contributed by atoms with Gasteiger partial charge in [0.05, 0.1) is 25.4 Å². The standard InChI is InChI=1S/C23H22N2O4S/c1-15-3-5-16(6-4-15)20-13-30-22-21(20)23(27)25(14-24-22)11-17(26)12-29-19-9-7-18(28-2)8-10-19/h3-10,13-14,17,26H,11-12H2,1-2H3.